The van der Waals surface area contributed by atoms with Crippen molar-refractivity contribution in [3.63, 3.8) is 0 Å². The van der Waals surface area contributed by atoms with Crippen molar-refractivity contribution in [3.05, 3.63) is 53.3 Å². The van der Waals surface area contributed by atoms with Gasteiger partial charge in [-0.15, -0.1) is 6.42 Å². The Morgan fingerprint density at radius 2 is 1.60 bits per heavy atom. The van der Waals surface area contributed by atoms with E-state index in [0.29, 0.717) is 0 Å². The average molecular weight is 450 g/mol. The Balaban J connectivity index is 0. The molecular weight excluding hydrogens is 423 g/mol. The summed E-state index contributed by atoms with van der Waals surface area (Å²) >= 11 is 0. The Kier molecular flexibility index (Phi) is 14.2. The number of rotatable bonds is 4. The zero-order chi connectivity index (χ0) is 14.7. The van der Waals surface area contributed by atoms with Crippen LogP contribution in [0.3, 0.4) is 0 Å². The fraction of sp³-hybridized carbons (Fsp3) is 0.500. The molecule has 0 amide bonds. The van der Waals surface area contributed by atoms with Crippen molar-refractivity contribution < 1.29 is 58.9 Å². The van der Waals surface area contributed by atoms with Gasteiger partial charge in [0.2, 0.25) is 0 Å². The molecule has 5 heteroatoms. The largest absolute Gasteiger partial charge is 4.00 e. The molecule has 25 heavy (non-hydrogen) atoms. The molecule has 0 nitrogen and oxygen atoms in total. The summed E-state index contributed by atoms with van der Waals surface area (Å²) < 4.78 is 0. The SMILES string of the molecule is CCC1=CC[C-]=C1[Si](C)(c1ccccc1)C1CCCCC1.[Cl-].[Cl-].[Cl-].[Ti+4]. The molecule has 1 aromatic carbocycles. The molecule has 3 rings (SSSR count). The number of halogens is 3. The quantitative estimate of drug-likeness (QED) is 0.328. The van der Waals surface area contributed by atoms with Crippen LogP contribution in [-0.4, -0.2) is 8.07 Å². The maximum absolute atomic E-state index is 3.78. The Hall–Kier alpha value is 0.501. The van der Waals surface area contributed by atoms with Crippen LogP contribution < -0.4 is 42.4 Å². The van der Waals surface area contributed by atoms with Crippen LogP contribution in [0.25, 0.3) is 0 Å². The molecule has 1 unspecified atom stereocenters. The van der Waals surface area contributed by atoms with E-state index in [1.807, 2.05) is 0 Å². The van der Waals surface area contributed by atoms with Gasteiger partial charge in [0.15, 0.2) is 0 Å². The number of hydrogen-bond donors (Lipinski definition) is 0. The first-order valence-corrected chi connectivity index (χ1v) is 11.2. The second-order valence-electron chi connectivity index (χ2n) is 6.74. The van der Waals surface area contributed by atoms with Crippen LogP contribution in [0.1, 0.15) is 51.9 Å². The molecular formula is C20H27Cl3SiTi. The summed E-state index contributed by atoms with van der Waals surface area (Å²) in [4.78, 5) is 0. The molecule has 2 aliphatic carbocycles. The van der Waals surface area contributed by atoms with E-state index in [4.69, 9.17) is 0 Å². The van der Waals surface area contributed by atoms with Crippen LogP contribution in [0.2, 0.25) is 12.1 Å². The van der Waals surface area contributed by atoms with Gasteiger partial charge in [0, 0.05) is 0 Å². The van der Waals surface area contributed by atoms with E-state index in [9.17, 15) is 0 Å². The van der Waals surface area contributed by atoms with Gasteiger partial charge in [-0.2, -0.15) is 6.08 Å². The summed E-state index contributed by atoms with van der Waals surface area (Å²) in [5, 5.41) is 3.27. The topological polar surface area (TPSA) is 0 Å². The van der Waals surface area contributed by atoms with Crippen LogP contribution in [0, 0.1) is 6.08 Å². The minimum Gasteiger partial charge on any atom is -1.00 e. The van der Waals surface area contributed by atoms with E-state index in [-0.39, 0.29) is 58.9 Å². The normalized spacial score (nSPS) is 19.0. The van der Waals surface area contributed by atoms with Gasteiger partial charge < -0.3 is 37.2 Å². The van der Waals surface area contributed by atoms with Gasteiger partial charge in [-0.05, 0) is 5.54 Å². The van der Waals surface area contributed by atoms with Crippen molar-refractivity contribution in [1.29, 1.82) is 0 Å². The van der Waals surface area contributed by atoms with Crippen molar-refractivity contribution in [2.75, 3.05) is 0 Å². The number of benzene rings is 1. The molecule has 0 aromatic heterocycles. The van der Waals surface area contributed by atoms with Crippen molar-refractivity contribution in [2.45, 2.75) is 64.0 Å². The predicted molar refractivity (Wildman–Crippen MR) is 94.3 cm³/mol. The first-order chi connectivity index (χ1) is 10.3. The van der Waals surface area contributed by atoms with Gasteiger partial charge in [-0.1, -0.05) is 87.5 Å². The van der Waals surface area contributed by atoms with Crippen molar-refractivity contribution in [3.8, 4) is 0 Å². The molecule has 1 fully saturated rings. The number of hydrogen-bond acceptors (Lipinski definition) is 0. The van der Waals surface area contributed by atoms with Crippen molar-refractivity contribution in [2.24, 2.45) is 0 Å². The third kappa shape index (κ3) is 5.74. The van der Waals surface area contributed by atoms with Crippen LogP contribution in [0.4, 0.5) is 0 Å². The van der Waals surface area contributed by atoms with E-state index in [0.717, 1.165) is 12.0 Å². The van der Waals surface area contributed by atoms with Gasteiger partial charge in [0.25, 0.3) is 0 Å². The van der Waals surface area contributed by atoms with Gasteiger partial charge in [0.1, 0.15) is 0 Å². The average Bonchev–Trinajstić information content (AvgIpc) is 3.05. The van der Waals surface area contributed by atoms with Crippen LogP contribution in [0.15, 0.2) is 47.2 Å². The Labute approximate surface area is 188 Å². The van der Waals surface area contributed by atoms with Gasteiger partial charge in [-0.25, -0.2) is 10.8 Å². The Morgan fingerprint density at radius 1 is 1.00 bits per heavy atom. The fourth-order valence-electron chi connectivity index (χ4n) is 4.38. The van der Waals surface area contributed by atoms with Crippen molar-refractivity contribution in [1.82, 2.24) is 0 Å². The zero-order valence-electron chi connectivity index (χ0n) is 15.1. The third-order valence-corrected chi connectivity index (χ3v) is 10.9. The zero-order valence-corrected chi connectivity index (χ0v) is 20.0. The van der Waals surface area contributed by atoms with Crippen molar-refractivity contribution >= 4 is 13.3 Å². The third-order valence-electron chi connectivity index (χ3n) is 5.64. The summed E-state index contributed by atoms with van der Waals surface area (Å²) in [6.45, 7) is 4.93. The van der Waals surface area contributed by atoms with Gasteiger partial charge in [0.05, 0.1) is 8.07 Å². The molecule has 0 aliphatic heterocycles. The Bertz CT molecular complexity index is 553. The van der Waals surface area contributed by atoms with E-state index < -0.39 is 8.07 Å². The smallest absolute Gasteiger partial charge is 1.00 e. The molecule has 0 heterocycles. The predicted octanol–water partition coefficient (Wildman–Crippen LogP) is -3.68. The van der Waals surface area contributed by atoms with E-state index in [2.05, 4.69) is 56.0 Å². The van der Waals surface area contributed by atoms with E-state index in [1.165, 1.54) is 38.5 Å². The molecule has 2 aliphatic rings. The molecule has 0 bridgehead atoms. The van der Waals surface area contributed by atoms with E-state index in [1.54, 1.807) is 16.0 Å². The fourth-order valence-corrected chi connectivity index (χ4v) is 9.41. The second-order valence-corrected chi connectivity index (χ2v) is 11.0. The summed E-state index contributed by atoms with van der Waals surface area (Å²) in [5.74, 6) is 0. The van der Waals surface area contributed by atoms with Crippen LogP contribution in [-0.2, 0) is 21.7 Å². The molecule has 136 valence electrons. The summed E-state index contributed by atoms with van der Waals surface area (Å²) in [5.41, 5.74) is 2.50. The van der Waals surface area contributed by atoms with E-state index >= 15 is 0 Å². The monoisotopic (exact) mass is 448 g/mol. The minimum absolute atomic E-state index is 0. The molecule has 0 radical (unpaired) electrons. The maximum Gasteiger partial charge on any atom is 4.00 e. The molecule has 0 saturated heterocycles. The first-order valence-electron chi connectivity index (χ1n) is 8.63. The summed E-state index contributed by atoms with van der Waals surface area (Å²) in [6.07, 6.45) is 15.6. The minimum atomic E-state index is -1.64. The Morgan fingerprint density at radius 3 is 2.16 bits per heavy atom. The number of allylic oxidation sites excluding steroid dienone is 4. The summed E-state index contributed by atoms with van der Waals surface area (Å²) in [6, 6.07) is 11.4. The van der Waals surface area contributed by atoms with Crippen LogP contribution in [0.5, 0.6) is 0 Å². The molecule has 0 N–H and O–H groups in total. The maximum atomic E-state index is 3.78. The van der Waals surface area contributed by atoms with Gasteiger partial charge in [-0.3, -0.25) is 6.08 Å². The first kappa shape index (κ1) is 27.7. The molecule has 1 saturated carbocycles. The standard InChI is InChI=1S/C20H27Si.3ClH.Ti/c1-3-17-11-10-16-20(17)21(2,18-12-6-4-7-13-18)19-14-8-5-9-15-19;;;;/h4,6-7,11-13,19H,3,5,8-10,14-15H2,1-2H3;3*1H;/q-1;;;;+4/p-3. The molecule has 1 aromatic rings. The van der Waals surface area contributed by atoms with Crippen LogP contribution >= 0.6 is 0 Å². The summed E-state index contributed by atoms with van der Waals surface area (Å²) in [7, 11) is -1.64. The second kappa shape index (κ2) is 12.8. The molecule has 1 atom stereocenters. The van der Waals surface area contributed by atoms with Gasteiger partial charge >= 0.3 is 21.7 Å². The molecule has 0 spiro atoms.